The molecular formula is C13H16N2. The maximum Gasteiger partial charge on any atom is 0.101 e. The Bertz CT molecular complexity index is 386. The maximum absolute atomic E-state index is 8.94. The van der Waals surface area contributed by atoms with Crippen molar-refractivity contribution in [3.05, 3.63) is 41.5 Å². The molecular weight excluding hydrogens is 184 g/mol. The third kappa shape index (κ3) is 3.47. The highest BCUT2D eigenvalue weighted by Gasteiger charge is 2.00. The third-order valence-corrected chi connectivity index (χ3v) is 2.16. The number of nitrogens with one attached hydrogen (secondary N) is 1. The Kier molecular flexibility index (Phi) is 4.43. The maximum atomic E-state index is 8.94. The fourth-order valence-corrected chi connectivity index (χ4v) is 1.36. The van der Waals surface area contributed by atoms with E-state index in [1.165, 1.54) is 0 Å². The van der Waals surface area contributed by atoms with E-state index in [1.54, 1.807) is 0 Å². The van der Waals surface area contributed by atoms with E-state index in [4.69, 9.17) is 5.26 Å². The van der Waals surface area contributed by atoms with Gasteiger partial charge >= 0.3 is 0 Å². The molecule has 0 saturated carbocycles. The Hall–Kier alpha value is -1.75. The van der Waals surface area contributed by atoms with Crippen molar-refractivity contribution in [2.75, 3.05) is 11.9 Å². The minimum absolute atomic E-state index is 0.718. The molecule has 1 N–H and O–H groups in total. The van der Waals surface area contributed by atoms with Crippen LogP contribution in [0, 0.1) is 18.3 Å². The van der Waals surface area contributed by atoms with Gasteiger partial charge in [-0.05, 0) is 38.0 Å². The van der Waals surface area contributed by atoms with Crippen molar-refractivity contribution in [3.63, 3.8) is 0 Å². The monoisotopic (exact) mass is 200 g/mol. The standard InChI is InChI=1S/C13H16N2/c1-3-4-5-8-15-13-7-6-11(2)9-12(13)10-14/h3-4,6-7,9,15H,5,8H2,1-2H3/b4-3+. The van der Waals surface area contributed by atoms with Crippen LogP contribution in [0.1, 0.15) is 24.5 Å². The van der Waals surface area contributed by atoms with E-state index in [1.807, 2.05) is 38.1 Å². The first-order chi connectivity index (χ1) is 7.27. The molecule has 0 fully saturated rings. The Labute approximate surface area is 91.2 Å². The van der Waals surface area contributed by atoms with Crippen LogP contribution in [0.25, 0.3) is 0 Å². The lowest BCUT2D eigenvalue weighted by atomic mass is 10.1. The number of benzene rings is 1. The highest BCUT2D eigenvalue weighted by molar-refractivity contribution is 5.58. The quantitative estimate of drug-likeness (QED) is 0.598. The highest BCUT2D eigenvalue weighted by Crippen LogP contribution is 2.15. The van der Waals surface area contributed by atoms with Crippen molar-refractivity contribution >= 4 is 5.69 Å². The van der Waals surface area contributed by atoms with Gasteiger partial charge in [-0.2, -0.15) is 5.26 Å². The third-order valence-electron chi connectivity index (χ3n) is 2.16. The molecule has 1 rings (SSSR count). The summed E-state index contributed by atoms with van der Waals surface area (Å²) in [5.41, 5.74) is 2.76. The van der Waals surface area contributed by atoms with Crippen LogP contribution in [0.4, 0.5) is 5.69 Å². The van der Waals surface area contributed by atoms with Gasteiger partial charge in [0.15, 0.2) is 0 Å². The lowest BCUT2D eigenvalue weighted by Gasteiger charge is -2.07. The smallest absolute Gasteiger partial charge is 0.101 e. The summed E-state index contributed by atoms with van der Waals surface area (Å²) in [6.45, 7) is 4.86. The summed E-state index contributed by atoms with van der Waals surface area (Å²) in [6.07, 6.45) is 5.12. The van der Waals surface area contributed by atoms with Crippen LogP contribution in [-0.2, 0) is 0 Å². The first-order valence-corrected chi connectivity index (χ1v) is 5.13. The summed E-state index contributed by atoms with van der Waals surface area (Å²) in [5, 5.41) is 12.2. The number of nitriles is 1. The van der Waals surface area contributed by atoms with Gasteiger partial charge in [0.1, 0.15) is 6.07 Å². The van der Waals surface area contributed by atoms with Crippen molar-refractivity contribution in [1.82, 2.24) is 0 Å². The topological polar surface area (TPSA) is 35.8 Å². The van der Waals surface area contributed by atoms with Crippen LogP contribution in [0.5, 0.6) is 0 Å². The van der Waals surface area contributed by atoms with Crippen LogP contribution >= 0.6 is 0 Å². The predicted octanol–water partition coefficient (Wildman–Crippen LogP) is 3.24. The molecule has 0 bridgehead atoms. The average molecular weight is 200 g/mol. The molecule has 0 aromatic heterocycles. The molecule has 2 heteroatoms. The van der Waals surface area contributed by atoms with Gasteiger partial charge in [0, 0.05) is 6.54 Å². The molecule has 0 saturated heterocycles. The second-order valence-corrected chi connectivity index (χ2v) is 3.45. The molecule has 0 amide bonds. The van der Waals surface area contributed by atoms with Gasteiger partial charge in [-0.3, -0.25) is 0 Å². The van der Waals surface area contributed by atoms with Gasteiger partial charge in [-0.1, -0.05) is 18.2 Å². The number of hydrogen-bond donors (Lipinski definition) is 1. The molecule has 78 valence electrons. The number of anilines is 1. The first kappa shape index (κ1) is 11.3. The van der Waals surface area contributed by atoms with E-state index in [0.717, 1.165) is 29.8 Å². The summed E-state index contributed by atoms with van der Waals surface area (Å²) in [5.74, 6) is 0. The lowest BCUT2D eigenvalue weighted by molar-refractivity contribution is 1.06. The normalized spacial score (nSPS) is 10.2. The Balaban J connectivity index is 2.65. The van der Waals surface area contributed by atoms with Crippen LogP contribution in [-0.4, -0.2) is 6.54 Å². The summed E-state index contributed by atoms with van der Waals surface area (Å²) in [4.78, 5) is 0. The van der Waals surface area contributed by atoms with Crippen molar-refractivity contribution in [2.24, 2.45) is 0 Å². The lowest BCUT2D eigenvalue weighted by Crippen LogP contribution is -2.02. The SMILES string of the molecule is C/C=C/CCNc1ccc(C)cc1C#N. The van der Waals surface area contributed by atoms with Crippen LogP contribution < -0.4 is 5.32 Å². The van der Waals surface area contributed by atoms with Gasteiger partial charge in [0.2, 0.25) is 0 Å². The Morgan fingerprint density at radius 2 is 2.27 bits per heavy atom. The first-order valence-electron chi connectivity index (χ1n) is 5.13. The second kappa shape index (κ2) is 5.87. The Morgan fingerprint density at radius 1 is 1.47 bits per heavy atom. The Morgan fingerprint density at radius 3 is 2.93 bits per heavy atom. The zero-order valence-electron chi connectivity index (χ0n) is 9.25. The largest absolute Gasteiger partial charge is 0.384 e. The van der Waals surface area contributed by atoms with Crippen molar-refractivity contribution in [1.29, 1.82) is 5.26 Å². The molecule has 0 aliphatic carbocycles. The number of aryl methyl sites for hydroxylation is 1. The zero-order valence-corrected chi connectivity index (χ0v) is 9.25. The van der Waals surface area contributed by atoms with E-state index in [9.17, 15) is 0 Å². The van der Waals surface area contributed by atoms with Gasteiger partial charge in [-0.25, -0.2) is 0 Å². The van der Waals surface area contributed by atoms with Gasteiger partial charge in [0.05, 0.1) is 11.3 Å². The number of nitrogens with zero attached hydrogens (tertiary/aromatic N) is 1. The fraction of sp³-hybridized carbons (Fsp3) is 0.308. The van der Waals surface area contributed by atoms with E-state index in [-0.39, 0.29) is 0 Å². The molecule has 2 nitrogen and oxygen atoms in total. The molecule has 0 aliphatic rings. The summed E-state index contributed by atoms with van der Waals surface area (Å²) < 4.78 is 0. The number of hydrogen-bond acceptors (Lipinski definition) is 2. The molecule has 0 atom stereocenters. The zero-order chi connectivity index (χ0) is 11.1. The van der Waals surface area contributed by atoms with Crippen molar-refractivity contribution < 1.29 is 0 Å². The average Bonchev–Trinajstić information content (AvgIpc) is 2.26. The van der Waals surface area contributed by atoms with Crippen LogP contribution in [0.15, 0.2) is 30.4 Å². The van der Waals surface area contributed by atoms with Crippen LogP contribution in [0.2, 0.25) is 0 Å². The summed E-state index contributed by atoms with van der Waals surface area (Å²) >= 11 is 0. The number of rotatable bonds is 4. The second-order valence-electron chi connectivity index (χ2n) is 3.45. The molecule has 0 aliphatic heterocycles. The van der Waals surface area contributed by atoms with Gasteiger partial charge in [-0.15, -0.1) is 0 Å². The van der Waals surface area contributed by atoms with Gasteiger partial charge < -0.3 is 5.32 Å². The minimum atomic E-state index is 0.718. The molecule has 1 aromatic carbocycles. The predicted molar refractivity (Wildman–Crippen MR) is 63.8 cm³/mol. The molecule has 0 unspecified atom stereocenters. The fourth-order valence-electron chi connectivity index (χ4n) is 1.36. The molecule has 0 radical (unpaired) electrons. The molecule has 0 heterocycles. The summed E-state index contributed by atoms with van der Waals surface area (Å²) in [7, 11) is 0. The minimum Gasteiger partial charge on any atom is -0.384 e. The number of allylic oxidation sites excluding steroid dienone is 1. The van der Waals surface area contributed by atoms with E-state index >= 15 is 0 Å². The van der Waals surface area contributed by atoms with Crippen molar-refractivity contribution in [2.45, 2.75) is 20.3 Å². The molecule has 1 aromatic rings. The van der Waals surface area contributed by atoms with Gasteiger partial charge in [0.25, 0.3) is 0 Å². The van der Waals surface area contributed by atoms with E-state index < -0.39 is 0 Å². The van der Waals surface area contributed by atoms with Crippen LogP contribution in [0.3, 0.4) is 0 Å². The summed E-state index contributed by atoms with van der Waals surface area (Å²) in [6, 6.07) is 8.07. The van der Waals surface area contributed by atoms with E-state index in [2.05, 4.69) is 17.5 Å². The van der Waals surface area contributed by atoms with E-state index in [0.29, 0.717) is 0 Å². The van der Waals surface area contributed by atoms with Crippen molar-refractivity contribution in [3.8, 4) is 6.07 Å². The molecule has 0 spiro atoms. The molecule has 15 heavy (non-hydrogen) atoms. The highest BCUT2D eigenvalue weighted by atomic mass is 14.9.